The molecule has 0 unspecified atom stereocenters. The molecule has 16 heavy (non-hydrogen) atoms. The van der Waals surface area contributed by atoms with E-state index in [4.69, 9.17) is 0 Å². The van der Waals surface area contributed by atoms with Gasteiger partial charge in [-0.1, -0.05) is 0 Å². The molecule has 7 heteroatoms. The highest BCUT2D eigenvalue weighted by Gasteiger charge is 2.16. The Morgan fingerprint density at radius 3 is 1.75 bits per heavy atom. The third-order valence-corrected chi connectivity index (χ3v) is 2.06. The molecule has 1 heterocycles. The molecule has 80 valence electrons. The number of hydrogen-bond acceptors (Lipinski definition) is 6. The minimum Gasteiger partial charge on any atom is -0.283 e. The van der Waals surface area contributed by atoms with E-state index in [2.05, 4.69) is 9.97 Å². The molecule has 0 N–H and O–H groups in total. The van der Waals surface area contributed by atoms with Gasteiger partial charge in [-0.05, 0) is 6.92 Å². The quantitative estimate of drug-likeness (QED) is 0.498. The molecule has 0 aliphatic heterocycles. The number of aryl methyl sites for hydroxylation is 1. The predicted octanol–water partition coefficient (Wildman–Crippen LogP) is -1.61. The third-order valence-electron chi connectivity index (χ3n) is 2.06. The molecule has 0 aliphatic carbocycles. The molecule has 0 spiro atoms. The Hall–Kier alpha value is -2.31. The minimum atomic E-state index is -1.50. The lowest BCUT2D eigenvalue weighted by molar-refractivity contribution is 0.571. The summed E-state index contributed by atoms with van der Waals surface area (Å²) < 4.78 is 13.0. The summed E-state index contributed by atoms with van der Waals surface area (Å²) in [6.45, 7) is 1.22. The van der Waals surface area contributed by atoms with Gasteiger partial charge in [-0.15, -0.1) is 0 Å². The normalized spacial score (nSPS) is 10.9. The zero-order valence-corrected chi connectivity index (χ0v) is 7.91. The number of rotatable bonds is 0. The van der Waals surface area contributed by atoms with Crippen molar-refractivity contribution in [3.05, 3.63) is 52.5 Å². The largest absolute Gasteiger partial charge is 0.283 e. The molecule has 1 aromatic carbocycles. The Balaban J connectivity index is 3.30. The fourth-order valence-electron chi connectivity index (χ4n) is 1.24. The monoisotopic (exact) mass is 222 g/mol. The van der Waals surface area contributed by atoms with E-state index in [9.17, 15) is 23.6 Å². The zero-order chi connectivity index (χ0) is 12.0. The maximum Gasteiger partial charge on any atom is 0.279 e. The Labute approximate surface area is 85.7 Å². The van der Waals surface area contributed by atoms with Gasteiger partial charge >= 0.3 is 0 Å². The minimum absolute atomic E-state index is 0.220. The van der Waals surface area contributed by atoms with Crippen molar-refractivity contribution in [2.45, 2.75) is 6.92 Å². The van der Waals surface area contributed by atoms with Crippen molar-refractivity contribution in [1.29, 1.82) is 0 Å². The van der Waals surface area contributed by atoms with Crippen LogP contribution in [0.15, 0.2) is 19.2 Å². The van der Waals surface area contributed by atoms with E-state index >= 15 is 0 Å². The van der Waals surface area contributed by atoms with Crippen molar-refractivity contribution in [3.63, 3.8) is 0 Å². The van der Waals surface area contributed by atoms with Crippen molar-refractivity contribution in [2.24, 2.45) is 0 Å². The van der Waals surface area contributed by atoms with Crippen LogP contribution in [-0.4, -0.2) is 9.97 Å². The van der Waals surface area contributed by atoms with Gasteiger partial charge in [0, 0.05) is 0 Å². The van der Waals surface area contributed by atoms with Crippen molar-refractivity contribution in [3.8, 4) is 0 Å². The number of halogens is 1. The molecule has 0 radical (unpaired) electrons. The molecule has 0 fully saturated rings. The van der Waals surface area contributed by atoms with Crippen LogP contribution in [0, 0.1) is 12.9 Å². The third kappa shape index (κ3) is 1.18. The maximum atomic E-state index is 13.0. The molecule has 0 atom stereocenters. The molecule has 6 nitrogen and oxygen atoms in total. The van der Waals surface area contributed by atoms with Gasteiger partial charge in [0.05, 0.1) is 5.69 Å². The summed E-state index contributed by atoms with van der Waals surface area (Å²) in [4.78, 5) is 51.1. The predicted molar refractivity (Wildman–Crippen MR) is 51.7 cm³/mol. The molecule has 1 aromatic heterocycles. The van der Waals surface area contributed by atoms with Crippen LogP contribution in [0.25, 0.3) is 11.0 Å². The lowest BCUT2D eigenvalue weighted by Gasteiger charge is -1.95. The number of benzene rings is 1. The average Bonchev–Trinajstić information content (AvgIpc) is 2.26. The van der Waals surface area contributed by atoms with Crippen LogP contribution in [0.1, 0.15) is 5.69 Å². The fourth-order valence-corrected chi connectivity index (χ4v) is 1.24. The summed E-state index contributed by atoms with van der Waals surface area (Å²) in [7, 11) is 0. The topological polar surface area (TPSA) is 94.1 Å². The molecule has 0 saturated heterocycles. The summed E-state index contributed by atoms with van der Waals surface area (Å²) in [6, 6.07) is 0. The highest BCUT2D eigenvalue weighted by atomic mass is 19.1. The Morgan fingerprint density at radius 2 is 1.25 bits per heavy atom. The Bertz CT molecular complexity index is 737. The van der Waals surface area contributed by atoms with Gasteiger partial charge in [0.15, 0.2) is 0 Å². The lowest BCUT2D eigenvalue weighted by Crippen LogP contribution is -2.47. The summed E-state index contributed by atoms with van der Waals surface area (Å²) >= 11 is 0. The maximum absolute atomic E-state index is 13.0. The van der Waals surface area contributed by atoms with E-state index in [1.54, 1.807) is 0 Å². The van der Waals surface area contributed by atoms with Gasteiger partial charge in [-0.2, -0.15) is 4.39 Å². The number of aromatic nitrogens is 2. The lowest BCUT2D eigenvalue weighted by atomic mass is 10.2. The molecule has 0 amide bonds. The summed E-state index contributed by atoms with van der Waals surface area (Å²) in [6.07, 6.45) is 0. The molecule has 0 bridgehead atoms. The second kappa shape index (κ2) is 3.09. The van der Waals surface area contributed by atoms with Crippen LogP contribution in [0.2, 0.25) is 0 Å². The second-order valence-corrected chi connectivity index (χ2v) is 3.11. The molecule has 2 aromatic rings. The number of nitrogens with zero attached hydrogens (tertiary/aromatic N) is 2. The van der Waals surface area contributed by atoms with E-state index in [1.807, 2.05) is 0 Å². The van der Waals surface area contributed by atoms with Crippen LogP contribution >= 0.6 is 0 Å². The van der Waals surface area contributed by atoms with Crippen molar-refractivity contribution < 1.29 is 4.39 Å². The van der Waals surface area contributed by atoms with Crippen LogP contribution in [-0.2, 0) is 0 Å². The van der Waals surface area contributed by atoms with Crippen molar-refractivity contribution >= 4 is 11.0 Å². The summed E-state index contributed by atoms with van der Waals surface area (Å²) in [5, 5.41) is 0. The van der Waals surface area contributed by atoms with Crippen molar-refractivity contribution in [1.82, 2.24) is 9.97 Å². The first-order chi connectivity index (χ1) is 7.43. The SMILES string of the molecule is Cc1nc2c(=O)c(=O)c(=O)c(=O)c2nc1F. The number of hydrogen-bond donors (Lipinski definition) is 0. The van der Waals surface area contributed by atoms with E-state index < -0.39 is 38.7 Å². The molecule has 0 saturated carbocycles. The smallest absolute Gasteiger partial charge is 0.279 e. The first kappa shape index (κ1) is 10.2. The van der Waals surface area contributed by atoms with Gasteiger partial charge in [-0.3, -0.25) is 19.2 Å². The van der Waals surface area contributed by atoms with Gasteiger partial charge < -0.3 is 0 Å². The van der Waals surface area contributed by atoms with Crippen LogP contribution in [0.3, 0.4) is 0 Å². The molecular formula is C9H3FN2O4. The van der Waals surface area contributed by atoms with Gasteiger partial charge in [0.1, 0.15) is 11.0 Å². The Kier molecular flexibility index (Phi) is 1.97. The molecule has 2 rings (SSSR count). The van der Waals surface area contributed by atoms with E-state index in [0.717, 1.165) is 0 Å². The van der Waals surface area contributed by atoms with E-state index in [0.29, 0.717) is 0 Å². The van der Waals surface area contributed by atoms with E-state index in [-0.39, 0.29) is 5.69 Å². The van der Waals surface area contributed by atoms with E-state index in [1.165, 1.54) is 6.92 Å². The van der Waals surface area contributed by atoms with Crippen LogP contribution < -0.4 is 21.7 Å². The van der Waals surface area contributed by atoms with Crippen molar-refractivity contribution in [2.75, 3.05) is 0 Å². The number of fused-ring (bicyclic) bond motifs is 1. The first-order valence-electron chi connectivity index (χ1n) is 4.15. The highest BCUT2D eigenvalue weighted by molar-refractivity contribution is 5.73. The van der Waals surface area contributed by atoms with Gasteiger partial charge in [0.25, 0.3) is 21.7 Å². The fraction of sp³-hybridized carbons (Fsp3) is 0.111. The highest BCUT2D eigenvalue weighted by Crippen LogP contribution is 2.02. The van der Waals surface area contributed by atoms with Crippen LogP contribution in [0.4, 0.5) is 4.39 Å². The first-order valence-corrected chi connectivity index (χ1v) is 4.15. The molecule has 0 aliphatic rings. The van der Waals surface area contributed by atoms with Crippen LogP contribution in [0.5, 0.6) is 0 Å². The molecular weight excluding hydrogens is 219 g/mol. The second-order valence-electron chi connectivity index (χ2n) is 3.11. The summed E-state index contributed by atoms with van der Waals surface area (Å²) in [5.41, 5.74) is -6.97. The summed E-state index contributed by atoms with van der Waals surface area (Å²) in [5.74, 6) is -1.05. The van der Waals surface area contributed by atoms with Gasteiger partial charge in [0.2, 0.25) is 5.95 Å². The Morgan fingerprint density at radius 1 is 0.812 bits per heavy atom. The zero-order valence-electron chi connectivity index (χ0n) is 7.91. The van der Waals surface area contributed by atoms with Gasteiger partial charge in [-0.25, -0.2) is 9.97 Å². The average molecular weight is 222 g/mol. The standard InChI is InChI=1S/C9H3FN2O4/c1-2-9(10)12-4-3(11-2)5(13)7(15)8(16)6(4)14/h1H3.